The van der Waals surface area contributed by atoms with E-state index >= 15 is 4.39 Å². The van der Waals surface area contributed by atoms with Gasteiger partial charge >= 0.3 is 0 Å². The lowest BCUT2D eigenvalue weighted by molar-refractivity contribution is -0.107. The molecule has 0 radical (unpaired) electrons. The lowest BCUT2D eigenvalue weighted by Crippen LogP contribution is -2.07. The van der Waals surface area contributed by atoms with Crippen LogP contribution in [0.3, 0.4) is 0 Å². The first-order valence-corrected chi connectivity index (χ1v) is 14.5. The van der Waals surface area contributed by atoms with Crippen molar-refractivity contribution in [1.29, 1.82) is 0 Å². The van der Waals surface area contributed by atoms with Gasteiger partial charge in [0.25, 0.3) is 0 Å². The van der Waals surface area contributed by atoms with Gasteiger partial charge in [-0.3, -0.25) is 4.68 Å². The number of fused-ring (bicyclic) bond motifs is 1. The van der Waals surface area contributed by atoms with Gasteiger partial charge in [0.05, 0.1) is 17.1 Å². The molecule has 0 spiro atoms. The van der Waals surface area contributed by atoms with Crippen molar-refractivity contribution in [2.45, 2.75) is 30.7 Å². The van der Waals surface area contributed by atoms with E-state index in [1.807, 2.05) is 0 Å². The van der Waals surface area contributed by atoms with E-state index in [1.165, 1.54) is 28.9 Å². The van der Waals surface area contributed by atoms with E-state index in [2.05, 4.69) is 10.1 Å². The molecule has 2 N–H and O–H groups in total. The Kier molecular flexibility index (Phi) is 9.09. The number of H-pyrrole nitrogens is 1. The van der Waals surface area contributed by atoms with Crippen molar-refractivity contribution in [1.82, 2.24) is 14.8 Å². The second-order valence-electron chi connectivity index (χ2n) is 9.36. The first kappa shape index (κ1) is 29.8. The summed E-state index contributed by atoms with van der Waals surface area (Å²) in [5.41, 5.74) is 2.11. The molecule has 0 amide bonds. The summed E-state index contributed by atoms with van der Waals surface area (Å²) in [6, 6.07) is 13.6. The Morgan fingerprint density at radius 2 is 1.76 bits per heavy atom. The summed E-state index contributed by atoms with van der Waals surface area (Å²) in [6.07, 6.45) is 5.34. The molecular weight excluding hydrogens is 555 g/mol. The lowest BCUT2D eigenvalue weighted by atomic mass is 9.99. The second kappa shape index (κ2) is 12.5. The highest BCUT2D eigenvalue weighted by Gasteiger charge is 2.23. The van der Waals surface area contributed by atoms with Gasteiger partial charge in [-0.2, -0.15) is 5.10 Å². The molecule has 7 nitrogen and oxygen atoms in total. The molecule has 2 heterocycles. The third kappa shape index (κ3) is 6.41. The lowest BCUT2D eigenvalue weighted by Gasteiger charge is -2.12. The Hall–Kier alpha value is -4.22. The zero-order chi connectivity index (χ0) is 29.7. The van der Waals surface area contributed by atoms with Gasteiger partial charge in [0.15, 0.2) is 9.84 Å². The van der Waals surface area contributed by atoms with Crippen molar-refractivity contribution in [3.63, 3.8) is 0 Å². The topological polar surface area (TPSA) is 105 Å². The number of carbonyl (C=O) groups is 1. The number of halogens is 3. The number of aliphatic hydroxyl groups excluding tert-OH is 1. The minimum absolute atomic E-state index is 0.00220. The predicted molar refractivity (Wildman–Crippen MR) is 150 cm³/mol. The SMILES string of the molecule is CO.CS(=O)(=O)c1c(Cc2ccc(F)c(-c3ccn(Cc4cccc(CCC=O)c4F)n3)c2)c(F)cc2[nH]ccc12. The summed E-state index contributed by atoms with van der Waals surface area (Å²) in [4.78, 5) is 13.4. The summed E-state index contributed by atoms with van der Waals surface area (Å²) in [5.74, 6) is -1.65. The van der Waals surface area contributed by atoms with Gasteiger partial charge in [-0.05, 0) is 47.9 Å². The van der Waals surface area contributed by atoms with Crippen LogP contribution < -0.4 is 0 Å². The van der Waals surface area contributed by atoms with Crippen molar-refractivity contribution < 1.29 is 31.5 Å². The number of aliphatic hydroxyl groups is 1. The molecule has 0 atom stereocenters. The van der Waals surface area contributed by atoms with E-state index in [4.69, 9.17) is 5.11 Å². The van der Waals surface area contributed by atoms with Crippen molar-refractivity contribution >= 4 is 27.0 Å². The fraction of sp³-hybridized carbons (Fsp3) is 0.200. The molecule has 0 aliphatic rings. The van der Waals surface area contributed by atoms with Crippen LogP contribution in [0, 0.1) is 17.5 Å². The Morgan fingerprint density at radius 3 is 2.49 bits per heavy atom. The molecule has 11 heteroatoms. The molecule has 0 aliphatic heterocycles. The minimum Gasteiger partial charge on any atom is -0.400 e. The minimum atomic E-state index is -3.78. The van der Waals surface area contributed by atoms with E-state index in [0.717, 1.165) is 19.7 Å². The van der Waals surface area contributed by atoms with Crippen LogP contribution in [-0.2, 0) is 34.0 Å². The maximum atomic E-state index is 15.1. The zero-order valence-corrected chi connectivity index (χ0v) is 23.2. The molecule has 0 aliphatic carbocycles. The number of hydrogen-bond acceptors (Lipinski definition) is 5. The molecule has 0 bridgehead atoms. The fourth-order valence-electron chi connectivity index (χ4n) is 4.79. The van der Waals surface area contributed by atoms with E-state index in [0.29, 0.717) is 34.0 Å². The number of rotatable bonds is 9. The first-order chi connectivity index (χ1) is 19.7. The van der Waals surface area contributed by atoms with Crippen LogP contribution >= 0.6 is 0 Å². The third-order valence-corrected chi connectivity index (χ3v) is 7.79. The molecule has 5 rings (SSSR count). The van der Waals surface area contributed by atoms with Gasteiger partial charge in [0.2, 0.25) is 0 Å². The van der Waals surface area contributed by atoms with Crippen LogP contribution in [0.4, 0.5) is 13.2 Å². The molecule has 0 unspecified atom stereocenters. The molecule has 0 saturated heterocycles. The van der Waals surface area contributed by atoms with E-state index < -0.39 is 27.3 Å². The average Bonchev–Trinajstić information content (AvgIpc) is 3.60. The fourth-order valence-corrected chi connectivity index (χ4v) is 5.98. The monoisotopic (exact) mass is 583 g/mol. The van der Waals surface area contributed by atoms with Crippen molar-refractivity contribution in [2.24, 2.45) is 0 Å². The number of aromatic nitrogens is 3. The number of aromatic amines is 1. The maximum Gasteiger partial charge on any atom is 0.176 e. The predicted octanol–water partition coefficient (Wildman–Crippen LogP) is 5.23. The van der Waals surface area contributed by atoms with Crippen LogP contribution in [0.2, 0.25) is 0 Å². The normalized spacial score (nSPS) is 11.4. The van der Waals surface area contributed by atoms with Crippen LogP contribution in [0.15, 0.2) is 71.9 Å². The number of aldehydes is 1. The molecule has 214 valence electrons. The van der Waals surface area contributed by atoms with Crippen LogP contribution in [-0.4, -0.2) is 47.9 Å². The number of hydrogen-bond donors (Lipinski definition) is 2. The number of benzene rings is 3. The van der Waals surface area contributed by atoms with Gasteiger partial charge in [-0.25, -0.2) is 21.6 Å². The molecule has 5 aromatic rings. The highest BCUT2D eigenvalue weighted by Crippen LogP contribution is 2.32. The van der Waals surface area contributed by atoms with Crippen molar-refractivity contribution in [2.75, 3.05) is 13.4 Å². The summed E-state index contributed by atoms with van der Waals surface area (Å²) in [5, 5.41) is 11.8. The Balaban J connectivity index is 0.00000189. The molecule has 0 saturated carbocycles. The smallest absolute Gasteiger partial charge is 0.176 e. The highest BCUT2D eigenvalue weighted by molar-refractivity contribution is 7.91. The van der Waals surface area contributed by atoms with Gasteiger partial charge in [0, 0.05) is 66.2 Å². The molecule has 3 aromatic carbocycles. The zero-order valence-electron chi connectivity index (χ0n) is 22.4. The second-order valence-corrected chi connectivity index (χ2v) is 11.3. The summed E-state index contributed by atoms with van der Waals surface area (Å²) in [7, 11) is -2.78. The van der Waals surface area contributed by atoms with Crippen LogP contribution in [0.25, 0.3) is 22.2 Å². The maximum absolute atomic E-state index is 15.1. The molecular formula is C30H28F3N3O4S. The van der Waals surface area contributed by atoms with Gasteiger partial charge < -0.3 is 14.9 Å². The molecule has 41 heavy (non-hydrogen) atoms. The quantitative estimate of drug-likeness (QED) is 0.231. The third-order valence-electron chi connectivity index (χ3n) is 6.58. The first-order valence-electron chi connectivity index (χ1n) is 12.6. The summed E-state index contributed by atoms with van der Waals surface area (Å²) in [6.45, 7) is 0.0989. The average molecular weight is 584 g/mol. The van der Waals surface area contributed by atoms with Gasteiger partial charge in [-0.1, -0.05) is 24.3 Å². The van der Waals surface area contributed by atoms with Gasteiger partial charge in [0.1, 0.15) is 23.7 Å². The summed E-state index contributed by atoms with van der Waals surface area (Å²) >= 11 is 0. The van der Waals surface area contributed by atoms with Crippen molar-refractivity contribution in [3.05, 3.63) is 107 Å². The standard InChI is InChI=1S/C29H24F3N3O3S.CH4O/c1-39(37,38)29-21-9-11-33-27(21)16-25(31)23(29)15-18-7-8-24(30)22(14-18)26-10-12-35(34-26)17-20-5-2-4-19(28(20)32)6-3-13-36;1-2/h2,4-5,7-14,16,33H,3,6,15,17H2,1H3;2H,1H3. The van der Waals surface area contributed by atoms with Crippen LogP contribution in [0.1, 0.15) is 28.7 Å². The number of nitrogens with one attached hydrogen (secondary N) is 1. The van der Waals surface area contributed by atoms with E-state index in [-0.39, 0.29) is 41.1 Å². The number of carbonyl (C=O) groups excluding carboxylic acids is 1. The number of aryl methyl sites for hydroxylation is 1. The Labute approximate surface area is 235 Å². The molecule has 2 aromatic heterocycles. The largest absolute Gasteiger partial charge is 0.400 e. The van der Waals surface area contributed by atoms with Crippen LogP contribution in [0.5, 0.6) is 0 Å². The Bertz CT molecular complexity index is 1810. The summed E-state index contributed by atoms with van der Waals surface area (Å²) < 4.78 is 71.5. The number of sulfone groups is 1. The van der Waals surface area contributed by atoms with E-state index in [1.54, 1.807) is 42.7 Å². The molecule has 0 fully saturated rings. The Morgan fingerprint density at radius 1 is 1.00 bits per heavy atom. The highest BCUT2D eigenvalue weighted by atomic mass is 32.2. The van der Waals surface area contributed by atoms with Gasteiger partial charge in [-0.15, -0.1) is 0 Å². The number of nitrogens with zero attached hydrogens (tertiary/aromatic N) is 2. The van der Waals surface area contributed by atoms with Crippen molar-refractivity contribution in [3.8, 4) is 11.3 Å². The van der Waals surface area contributed by atoms with E-state index in [9.17, 15) is 22.0 Å².